The van der Waals surface area contributed by atoms with E-state index < -0.39 is 11.9 Å². The van der Waals surface area contributed by atoms with Crippen LogP contribution in [0.4, 0.5) is 5.82 Å². The SMILES string of the molecule is CCc1nn(-c2ncc(C(N)=O)c(NC3CCC(OC(=O)CN)CC3)n2)c2c1C(=O)CC(C)(C)C2. The molecule has 2 aromatic heterocycles. The van der Waals surface area contributed by atoms with Gasteiger partial charge in [0, 0.05) is 18.7 Å². The number of ketones is 1. The van der Waals surface area contributed by atoms with Gasteiger partial charge in [0.2, 0.25) is 0 Å². The van der Waals surface area contributed by atoms with Crippen molar-refractivity contribution in [1.82, 2.24) is 19.7 Å². The Hall–Kier alpha value is -3.34. The summed E-state index contributed by atoms with van der Waals surface area (Å²) in [6.07, 6.45) is 5.78. The number of aromatic nitrogens is 4. The molecular formula is C24H33N7O4. The number of Topliss-reactive ketones (excluding diaryl/α,β-unsaturated/α-hetero) is 1. The Kier molecular flexibility index (Phi) is 6.88. The number of primary amides is 1. The highest BCUT2D eigenvalue weighted by Crippen LogP contribution is 2.37. The second kappa shape index (κ2) is 9.73. The van der Waals surface area contributed by atoms with Crippen molar-refractivity contribution in [3.63, 3.8) is 0 Å². The number of hydrogen-bond donors (Lipinski definition) is 3. The van der Waals surface area contributed by atoms with E-state index in [1.54, 1.807) is 4.68 Å². The molecule has 0 bridgehead atoms. The van der Waals surface area contributed by atoms with Crippen LogP contribution >= 0.6 is 0 Å². The van der Waals surface area contributed by atoms with E-state index in [1.807, 2.05) is 6.92 Å². The molecular weight excluding hydrogens is 450 g/mol. The highest BCUT2D eigenvalue weighted by atomic mass is 16.5. The van der Waals surface area contributed by atoms with Gasteiger partial charge in [0.25, 0.3) is 11.9 Å². The minimum Gasteiger partial charge on any atom is -0.461 e. The van der Waals surface area contributed by atoms with Crippen LogP contribution in [0.15, 0.2) is 6.20 Å². The van der Waals surface area contributed by atoms with E-state index in [4.69, 9.17) is 16.2 Å². The number of nitrogens with zero attached hydrogens (tertiary/aromatic N) is 4. The summed E-state index contributed by atoms with van der Waals surface area (Å²) < 4.78 is 6.97. The molecule has 0 atom stereocenters. The summed E-state index contributed by atoms with van der Waals surface area (Å²) in [5.74, 6) is -0.358. The summed E-state index contributed by atoms with van der Waals surface area (Å²) in [7, 11) is 0. The van der Waals surface area contributed by atoms with Gasteiger partial charge in [0.15, 0.2) is 5.78 Å². The first-order valence-electron chi connectivity index (χ1n) is 12.1. The molecule has 0 saturated heterocycles. The lowest BCUT2D eigenvalue weighted by molar-refractivity contribution is -0.148. The molecule has 35 heavy (non-hydrogen) atoms. The van der Waals surface area contributed by atoms with Gasteiger partial charge in [-0.2, -0.15) is 10.1 Å². The summed E-state index contributed by atoms with van der Waals surface area (Å²) in [6, 6.07) is 0.0157. The highest BCUT2D eigenvalue weighted by molar-refractivity contribution is 6.00. The molecule has 1 amide bonds. The monoisotopic (exact) mass is 483 g/mol. The molecule has 0 unspecified atom stereocenters. The first kappa shape index (κ1) is 24.8. The first-order valence-corrected chi connectivity index (χ1v) is 12.1. The highest BCUT2D eigenvalue weighted by Gasteiger charge is 2.37. The lowest BCUT2D eigenvalue weighted by atomic mass is 9.75. The van der Waals surface area contributed by atoms with E-state index in [1.165, 1.54) is 6.20 Å². The van der Waals surface area contributed by atoms with Crippen LogP contribution in [0.25, 0.3) is 5.95 Å². The molecule has 0 aliphatic heterocycles. The van der Waals surface area contributed by atoms with Crippen LogP contribution < -0.4 is 16.8 Å². The number of amides is 1. The number of carbonyl (C=O) groups excluding carboxylic acids is 3. The predicted molar refractivity (Wildman–Crippen MR) is 128 cm³/mol. The quantitative estimate of drug-likeness (QED) is 0.496. The molecule has 0 aromatic carbocycles. The first-order chi connectivity index (χ1) is 16.6. The van der Waals surface area contributed by atoms with Crippen molar-refractivity contribution in [2.75, 3.05) is 11.9 Å². The topological polar surface area (TPSA) is 168 Å². The molecule has 2 aliphatic rings. The Morgan fingerprint density at radius 1 is 1.23 bits per heavy atom. The van der Waals surface area contributed by atoms with Crippen molar-refractivity contribution in [2.45, 2.75) is 77.9 Å². The van der Waals surface area contributed by atoms with E-state index >= 15 is 0 Å². The number of rotatable bonds is 7. The number of esters is 1. The lowest BCUT2D eigenvalue weighted by Gasteiger charge is -2.30. The second-order valence-electron chi connectivity index (χ2n) is 10.1. The van der Waals surface area contributed by atoms with Gasteiger partial charge in [0.1, 0.15) is 11.9 Å². The number of ether oxygens (including phenoxy) is 1. The number of hydrogen-bond acceptors (Lipinski definition) is 9. The lowest BCUT2D eigenvalue weighted by Crippen LogP contribution is -2.33. The van der Waals surface area contributed by atoms with E-state index in [9.17, 15) is 14.4 Å². The Bertz CT molecular complexity index is 1150. The fourth-order valence-corrected chi connectivity index (χ4v) is 4.96. The minimum atomic E-state index is -0.641. The maximum Gasteiger partial charge on any atom is 0.319 e. The van der Waals surface area contributed by atoms with Crippen molar-refractivity contribution in [1.29, 1.82) is 0 Å². The zero-order valence-electron chi connectivity index (χ0n) is 20.5. The third-order valence-corrected chi connectivity index (χ3v) is 6.66. The van der Waals surface area contributed by atoms with Crippen LogP contribution in [0.5, 0.6) is 0 Å². The summed E-state index contributed by atoms with van der Waals surface area (Å²) in [5.41, 5.74) is 13.1. The maximum absolute atomic E-state index is 12.9. The van der Waals surface area contributed by atoms with Gasteiger partial charge >= 0.3 is 5.97 Å². The van der Waals surface area contributed by atoms with Crippen LogP contribution in [0.3, 0.4) is 0 Å². The molecule has 1 saturated carbocycles. The van der Waals surface area contributed by atoms with Crippen LogP contribution in [0.2, 0.25) is 0 Å². The van der Waals surface area contributed by atoms with Crippen LogP contribution in [0, 0.1) is 5.41 Å². The Labute approximate surface area is 204 Å². The molecule has 1 fully saturated rings. The van der Waals surface area contributed by atoms with Gasteiger partial charge in [-0.1, -0.05) is 20.8 Å². The molecule has 5 N–H and O–H groups in total. The molecule has 188 valence electrons. The van der Waals surface area contributed by atoms with Crippen molar-refractivity contribution < 1.29 is 19.1 Å². The van der Waals surface area contributed by atoms with E-state index in [0.717, 1.165) is 24.2 Å². The number of nitrogens with two attached hydrogens (primary N) is 2. The standard InChI is InChI=1S/C24H33N7O4/c1-4-16-20-17(9-24(2,3)10-18(20)32)31(30-16)23-27-12-15(21(26)34)22(29-23)28-13-5-7-14(8-6-13)35-19(33)11-25/h12-14H,4-11,25H2,1-3H3,(H2,26,34)(H,27,28,29). The average molecular weight is 484 g/mol. The predicted octanol–water partition coefficient (Wildman–Crippen LogP) is 1.70. The molecule has 11 heteroatoms. The summed E-state index contributed by atoms with van der Waals surface area (Å²) in [5, 5.41) is 8.00. The molecule has 4 rings (SSSR count). The second-order valence-corrected chi connectivity index (χ2v) is 10.1. The van der Waals surface area contributed by atoms with E-state index in [2.05, 4.69) is 34.2 Å². The minimum absolute atomic E-state index is 0.0157. The van der Waals surface area contributed by atoms with Crippen LogP contribution in [-0.4, -0.2) is 56.1 Å². The Morgan fingerprint density at radius 3 is 2.57 bits per heavy atom. The smallest absolute Gasteiger partial charge is 0.319 e. The van der Waals surface area contributed by atoms with Gasteiger partial charge in [-0.25, -0.2) is 9.67 Å². The number of nitrogens with one attached hydrogen (secondary N) is 1. The molecule has 2 aliphatic carbocycles. The average Bonchev–Trinajstić information content (AvgIpc) is 3.17. The third-order valence-electron chi connectivity index (χ3n) is 6.66. The van der Waals surface area contributed by atoms with E-state index in [-0.39, 0.29) is 41.4 Å². The molecule has 2 aromatic rings. The largest absolute Gasteiger partial charge is 0.461 e. The van der Waals surface area contributed by atoms with Gasteiger partial charge in [-0.3, -0.25) is 14.4 Å². The van der Waals surface area contributed by atoms with Gasteiger partial charge < -0.3 is 21.5 Å². The number of anilines is 1. The van der Waals surface area contributed by atoms with Gasteiger partial charge in [-0.15, -0.1) is 0 Å². The summed E-state index contributed by atoms with van der Waals surface area (Å²) >= 11 is 0. The van der Waals surface area contributed by atoms with Crippen molar-refractivity contribution in [2.24, 2.45) is 16.9 Å². The third kappa shape index (κ3) is 5.19. The Balaban J connectivity index is 1.62. The van der Waals surface area contributed by atoms with Crippen molar-refractivity contribution in [3.05, 3.63) is 28.7 Å². The molecule has 0 spiro atoms. The van der Waals surface area contributed by atoms with Gasteiger partial charge in [0.05, 0.1) is 29.1 Å². The van der Waals surface area contributed by atoms with Crippen molar-refractivity contribution >= 4 is 23.5 Å². The normalized spacial score (nSPS) is 21.3. The van der Waals surface area contributed by atoms with Crippen LogP contribution in [-0.2, 0) is 22.4 Å². The zero-order valence-corrected chi connectivity index (χ0v) is 20.5. The van der Waals surface area contributed by atoms with Crippen molar-refractivity contribution in [3.8, 4) is 5.95 Å². The molecule has 2 heterocycles. The zero-order chi connectivity index (χ0) is 25.3. The molecule has 11 nitrogen and oxygen atoms in total. The number of carbonyl (C=O) groups is 3. The number of aryl methyl sites for hydroxylation is 1. The Morgan fingerprint density at radius 2 is 1.94 bits per heavy atom. The number of fused-ring (bicyclic) bond motifs is 1. The molecule has 0 radical (unpaired) electrons. The fourth-order valence-electron chi connectivity index (χ4n) is 4.96. The van der Waals surface area contributed by atoms with E-state index in [0.29, 0.717) is 43.5 Å². The summed E-state index contributed by atoms with van der Waals surface area (Å²) in [4.78, 5) is 45.5. The fraction of sp³-hybridized carbons (Fsp3) is 0.583. The maximum atomic E-state index is 12.9. The van der Waals surface area contributed by atoms with Crippen LogP contribution in [0.1, 0.15) is 85.0 Å². The summed E-state index contributed by atoms with van der Waals surface area (Å²) in [6.45, 7) is 5.94. The van der Waals surface area contributed by atoms with Gasteiger partial charge in [-0.05, 0) is 43.9 Å².